The molecule has 1 unspecified atom stereocenters. The molecular weight excluding hydrogens is 401 g/mol. The van der Waals surface area contributed by atoms with Crippen molar-refractivity contribution < 1.29 is 4.52 Å². The number of aryl methyl sites for hydroxylation is 1. The SMILES string of the molecule is CCNC(=NCc1nc(C)no1)N1CCSC(CC)C1.I. The number of nitrogens with one attached hydrogen (secondary N) is 1. The van der Waals surface area contributed by atoms with Gasteiger partial charge < -0.3 is 14.7 Å². The first-order valence-corrected chi connectivity index (χ1v) is 8.21. The molecule has 1 aromatic rings. The van der Waals surface area contributed by atoms with Gasteiger partial charge in [0.25, 0.3) is 0 Å². The summed E-state index contributed by atoms with van der Waals surface area (Å²) < 4.78 is 5.10. The maximum atomic E-state index is 5.10. The van der Waals surface area contributed by atoms with Crippen LogP contribution in [0, 0.1) is 6.92 Å². The molecule has 1 saturated heterocycles. The fourth-order valence-electron chi connectivity index (χ4n) is 2.13. The number of nitrogens with zero attached hydrogens (tertiary/aromatic N) is 4. The molecule has 1 aliphatic heterocycles. The molecule has 6 nitrogen and oxygen atoms in total. The summed E-state index contributed by atoms with van der Waals surface area (Å²) in [5, 5.41) is 7.83. The Kier molecular flexibility index (Phi) is 8.38. The van der Waals surface area contributed by atoms with E-state index in [1.54, 1.807) is 0 Å². The van der Waals surface area contributed by atoms with E-state index in [9.17, 15) is 0 Å². The third kappa shape index (κ3) is 5.65. The second kappa shape index (κ2) is 9.50. The molecule has 1 atom stereocenters. The van der Waals surface area contributed by atoms with Gasteiger partial charge in [0.1, 0.15) is 6.54 Å². The van der Waals surface area contributed by atoms with Crippen LogP contribution in [0.2, 0.25) is 0 Å². The van der Waals surface area contributed by atoms with E-state index in [1.807, 2.05) is 6.92 Å². The number of hydrogen-bond acceptors (Lipinski definition) is 5. The first-order valence-electron chi connectivity index (χ1n) is 7.17. The largest absolute Gasteiger partial charge is 0.357 e. The van der Waals surface area contributed by atoms with Crippen molar-refractivity contribution in [1.82, 2.24) is 20.4 Å². The van der Waals surface area contributed by atoms with Gasteiger partial charge in [-0.15, -0.1) is 24.0 Å². The lowest BCUT2D eigenvalue weighted by Crippen LogP contribution is -2.48. The number of rotatable bonds is 4. The number of halogens is 1. The van der Waals surface area contributed by atoms with Gasteiger partial charge in [0.2, 0.25) is 5.89 Å². The van der Waals surface area contributed by atoms with E-state index in [-0.39, 0.29) is 24.0 Å². The standard InChI is InChI=1S/C13H23N5OS.HI/c1-4-11-9-18(6-7-20-11)13(14-5-2)15-8-12-16-10(3)17-19-12;/h11H,4-9H2,1-3H3,(H,14,15);1H. The lowest BCUT2D eigenvalue weighted by Gasteiger charge is -2.34. The average Bonchev–Trinajstić information content (AvgIpc) is 2.89. The molecule has 1 aromatic heterocycles. The van der Waals surface area contributed by atoms with Crippen LogP contribution in [0.3, 0.4) is 0 Å². The Bertz CT molecular complexity index is 454. The van der Waals surface area contributed by atoms with Gasteiger partial charge in [-0.05, 0) is 20.3 Å². The Labute approximate surface area is 147 Å². The van der Waals surface area contributed by atoms with Crippen LogP contribution in [0.4, 0.5) is 0 Å². The summed E-state index contributed by atoms with van der Waals surface area (Å²) in [6.45, 7) is 9.53. The van der Waals surface area contributed by atoms with E-state index in [0.29, 0.717) is 23.5 Å². The van der Waals surface area contributed by atoms with Gasteiger partial charge in [-0.1, -0.05) is 12.1 Å². The minimum absolute atomic E-state index is 0. The van der Waals surface area contributed by atoms with Crippen LogP contribution in [0.15, 0.2) is 9.52 Å². The fourth-order valence-corrected chi connectivity index (χ4v) is 3.31. The number of thioether (sulfide) groups is 1. The zero-order valence-corrected chi connectivity index (χ0v) is 16.0. The molecule has 0 aliphatic carbocycles. The molecule has 1 fully saturated rings. The second-order valence-corrected chi connectivity index (χ2v) is 6.16. The number of guanidine groups is 1. The van der Waals surface area contributed by atoms with Crippen molar-refractivity contribution >= 4 is 41.7 Å². The van der Waals surface area contributed by atoms with Crippen molar-refractivity contribution in [3.05, 3.63) is 11.7 Å². The van der Waals surface area contributed by atoms with E-state index in [1.165, 1.54) is 6.42 Å². The summed E-state index contributed by atoms with van der Waals surface area (Å²) in [4.78, 5) is 11.1. The molecule has 2 heterocycles. The Morgan fingerprint density at radius 2 is 2.33 bits per heavy atom. The summed E-state index contributed by atoms with van der Waals surface area (Å²) in [6.07, 6.45) is 1.20. The van der Waals surface area contributed by atoms with Crippen LogP contribution in [-0.2, 0) is 6.54 Å². The first kappa shape index (κ1) is 18.5. The summed E-state index contributed by atoms with van der Waals surface area (Å²) in [6, 6.07) is 0. The van der Waals surface area contributed by atoms with Crippen molar-refractivity contribution in [1.29, 1.82) is 0 Å². The topological polar surface area (TPSA) is 66.5 Å². The lowest BCUT2D eigenvalue weighted by atomic mass is 10.3. The monoisotopic (exact) mass is 425 g/mol. The molecule has 0 spiro atoms. The van der Waals surface area contributed by atoms with Crippen molar-refractivity contribution in [3.8, 4) is 0 Å². The number of aliphatic imine (C=N–C) groups is 1. The van der Waals surface area contributed by atoms with Gasteiger partial charge in [0.05, 0.1) is 0 Å². The van der Waals surface area contributed by atoms with Gasteiger partial charge in [-0.3, -0.25) is 0 Å². The van der Waals surface area contributed by atoms with E-state index in [0.717, 1.165) is 31.3 Å². The quantitative estimate of drug-likeness (QED) is 0.454. The first-order chi connectivity index (χ1) is 9.72. The molecule has 21 heavy (non-hydrogen) atoms. The third-order valence-electron chi connectivity index (χ3n) is 3.16. The van der Waals surface area contributed by atoms with Crippen molar-refractivity contribution in [2.24, 2.45) is 4.99 Å². The van der Waals surface area contributed by atoms with Crippen LogP contribution in [0.5, 0.6) is 0 Å². The van der Waals surface area contributed by atoms with Gasteiger partial charge in [0, 0.05) is 30.6 Å². The highest BCUT2D eigenvalue weighted by molar-refractivity contribution is 14.0. The number of aromatic nitrogens is 2. The summed E-state index contributed by atoms with van der Waals surface area (Å²) in [7, 11) is 0. The third-order valence-corrected chi connectivity index (χ3v) is 4.53. The highest BCUT2D eigenvalue weighted by Gasteiger charge is 2.21. The summed E-state index contributed by atoms with van der Waals surface area (Å²) in [5.41, 5.74) is 0. The van der Waals surface area contributed by atoms with Crippen LogP contribution in [0.1, 0.15) is 32.0 Å². The smallest absolute Gasteiger partial charge is 0.248 e. The zero-order valence-electron chi connectivity index (χ0n) is 12.8. The van der Waals surface area contributed by atoms with E-state index in [4.69, 9.17) is 4.52 Å². The predicted octanol–water partition coefficient (Wildman–Crippen LogP) is 2.29. The van der Waals surface area contributed by atoms with E-state index >= 15 is 0 Å². The molecule has 0 amide bonds. The van der Waals surface area contributed by atoms with Crippen LogP contribution < -0.4 is 5.32 Å². The second-order valence-electron chi connectivity index (χ2n) is 4.75. The average molecular weight is 425 g/mol. The highest BCUT2D eigenvalue weighted by atomic mass is 127. The molecule has 1 aliphatic rings. The minimum atomic E-state index is 0. The van der Waals surface area contributed by atoms with Crippen molar-refractivity contribution in [2.75, 3.05) is 25.4 Å². The van der Waals surface area contributed by atoms with Crippen LogP contribution >= 0.6 is 35.7 Å². The molecule has 120 valence electrons. The molecule has 1 N–H and O–H groups in total. The molecule has 2 rings (SSSR count). The predicted molar refractivity (Wildman–Crippen MR) is 97.4 cm³/mol. The Morgan fingerprint density at radius 3 is 2.95 bits per heavy atom. The maximum Gasteiger partial charge on any atom is 0.248 e. The molecule has 8 heteroatoms. The molecule has 0 radical (unpaired) electrons. The normalized spacial score (nSPS) is 19.3. The van der Waals surface area contributed by atoms with E-state index < -0.39 is 0 Å². The van der Waals surface area contributed by atoms with Gasteiger partial charge in [-0.2, -0.15) is 16.7 Å². The Hall–Kier alpha value is -0.510. The zero-order chi connectivity index (χ0) is 14.4. The molecule has 0 bridgehead atoms. The number of hydrogen-bond donors (Lipinski definition) is 1. The van der Waals surface area contributed by atoms with Crippen LogP contribution in [-0.4, -0.2) is 51.6 Å². The van der Waals surface area contributed by atoms with Crippen molar-refractivity contribution in [3.63, 3.8) is 0 Å². The lowest BCUT2D eigenvalue weighted by molar-refractivity contribution is 0.372. The summed E-state index contributed by atoms with van der Waals surface area (Å²) >= 11 is 2.05. The summed E-state index contributed by atoms with van der Waals surface area (Å²) in [5.74, 6) is 3.32. The van der Waals surface area contributed by atoms with E-state index in [2.05, 4.69) is 51.0 Å². The van der Waals surface area contributed by atoms with Gasteiger partial charge in [-0.25, -0.2) is 4.99 Å². The van der Waals surface area contributed by atoms with Crippen LogP contribution in [0.25, 0.3) is 0 Å². The molecule has 0 saturated carbocycles. The Morgan fingerprint density at radius 1 is 1.52 bits per heavy atom. The highest BCUT2D eigenvalue weighted by Crippen LogP contribution is 2.21. The van der Waals surface area contributed by atoms with Crippen molar-refractivity contribution in [2.45, 2.75) is 39.0 Å². The van der Waals surface area contributed by atoms with Gasteiger partial charge in [0.15, 0.2) is 11.8 Å². The fraction of sp³-hybridized carbons (Fsp3) is 0.769. The maximum absolute atomic E-state index is 5.10. The molecule has 0 aromatic carbocycles. The minimum Gasteiger partial charge on any atom is -0.357 e. The Balaban J connectivity index is 0.00000220. The molecular formula is C13H24IN5OS. The van der Waals surface area contributed by atoms with Gasteiger partial charge >= 0.3 is 0 Å².